The van der Waals surface area contributed by atoms with Crippen LogP contribution in [0.4, 0.5) is 5.69 Å². The minimum Gasteiger partial charge on any atom is -0.454 e. The lowest BCUT2D eigenvalue weighted by atomic mass is 10.1. The van der Waals surface area contributed by atoms with Gasteiger partial charge in [0.05, 0.1) is 5.69 Å². The average Bonchev–Trinajstić information content (AvgIpc) is 3.33. The molecule has 148 valence electrons. The van der Waals surface area contributed by atoms with Crippen molar-refractivity contribution in [2.45, 2.75) is 6.92 Å². The molecule has 0 saturated carbocycles. The van der Waals surface area contributed by atoms with E-state index in [4.69, 9.17) is 14.5 Å². The normalized spacial score (nSPS) is 16.3. The Morgan fingerprint density at radius 1 is 1.00 bits per heavy atom. The van der Waals surface area contributed by atoms with Crippen molar-refractivity contribution >= 4 is 39.4 Å². The molecule has 2 aliphatic heterocycles. The summed E-state index contributed by atoms with van der Waals surface area (Å²) in [6.07, 6.45) is 1.77. The van der Waals surface area contributed by atoms with E-state index in [1.165, 1.54) is 0 Å². The second-order valence-corrected chi connectivity index (χ2v) is 7.89. The first-order valence-corrected chi connectivity index (χ1v) is 10.3. The quantitative estimate of drug-likeness (QED) is 0.496. The lowest BCUT2D eigenvalue weighted by molar-refractivity contribution is -0.113. The van der Waals surface area contributed by atoms with Crippen molar-refractivity contribution in [1.82, 2.24) is 0 Å². The molecule has 2 aliphatic rings. The van der Waals surface area contributed by atoms with E-state index in [-0.39, 0.29) is 12.7 Å². The Morgan fingerprint density at radius 2 is 1.83 bits per heavy atom. The third-order valence-electron chi connectivity index (χ3n) is 4.93. The number of halogens is 1. The van der Waals surface area contributed by atoms with Crippen LogP contribution in [0.2, 0.25) is 0 Å². The molecule has 0 atom stereocenters. The lowest BCUT2D eigenvalue weighted by Crippen LogP contribution is -2.32. The number of anilines is 1. The Labute approximate surface area is 182 Å². The maximum atomic E-state index is 13.4. The zero-order valence-corrected chi connectivity index (χ0v) is 17.7. The lowest BCUT2D eigenvalue weighted by Gasteiger charge is -2.19. The van der Waals surface area contributed by atoms with Crippen molar-refractivity contribution in [3.05, 3.63) is 93.6 Å². The van der Waals surface area contributed by atoms with Crippen LogP contribution in [0.15, 0.2) is 81.9 Å². The largest absolute Gasteiger partial charge is 0.454 e. The SMILES string of the molecule is Cc1cccc(N2C(=O)/C(=C\c3ccc4c(c3)OCO4)N=C2c2ccccc2Br)c1. The number of nitrogens with zero attached hydrogens (tertiary/aromatic N) is 2. The molecule has 0 saturated heterocycles. The van der Waals surface area contributed by atoms with Gasteiger partial charge in [-0.15, -0.1) is 0 Å². The minimum absolute atomic E-state index is 0.177. The summed E-state index contributed by atoms with van der Waals surface area (Å²) in [5.41, 5.74) is 3.88. The fourth-order valence-electron chi connectivity index (χ4n) is 3.51. The molecule has 5 rings (SSSR count). The zero-order valence-electron chi connectivity index (χ0n) is 16.1. The Bertz CT molecular complexity index is 1230. The van der Waals surface area contributed by atoms with Crippen molar-refractivity contribution in [3.8, 4) is 11.5 Å². The number of hydrogen-bond acceptors (Lipinski definition) is 4. The van der Waals surface area contributed by atoms with Gasteiger partial charge in [0, 0.05) is 10.0 Å². The highest BCUT2D eigenvalue weighted by atomic mass is 79.9. The Morgan fingerprint density at radius 3 is 2.67 bits per heavy atom. The van der Waals surface area contributed by atoms with E-state index in [1.807, 2.05) is 73.7 Å². The number of rotatable bonds is 3. The van der Waals surface area contributed by atoms with Crippen LogP contribution in [0.25, 0.3) is 6.08 Å². The second kappa shape index (κ2) is 7.46. The maximum absolute atomic E-state index is 13.4. The fourth-order valence-corrected chi connectivity index (χ4v) is 3.97. The van der Waals surface area contributed by atoms with Crippen LogP contribution in [0.1, 0.15) is 16.7 Å². The van der Waals surface area contributed by atoms with Crippen molar-refractivity contribution in [1.29, 1.82) is 0 Å². The van der Waals surface area contributed by atoms with Crippen LogP contribution in [0.3, 0.4) is 0 Å². The number of amidine groups is 1. The van der Waals surface area contributed by atoms with Gasteiger partial charge in [-0.2, -0.15) is 0 Å². The molecule has 0 N–H and O–H groups in total. The van der Waals surface area contributed by atoms with Crippen molar-refractivity contribution < 1.29 is 14.3 Å². The molecule has 0 bridgehead atoms. The Balaban J connectivity index is 1.62. The van der Waals surface area contributed by atoms with Gasteiger partial charge in [0.25, 0.3) is 5.91 Å². The molecule has 0 aromatic heterocycles. The van der Waals surface area contributed by atoms with Gasteiger partial charge in [-0.05, 0) is 54.5 Å². The van der Waals surface area contributed by atoms with Crippen LogP contribution >= 0.6 is 15.9 Å². The molecule has 0 radical (unpaired) electrons. The highest BCUT2D eigenvalue weighted by molar-refractivity contribution is 9.10. The van der Waals surface area contributed by atoms with E-state index >= 15 is 0 Å². The topological polar surface area (TPSA) is 51.1 Å². The standard InChI is InChI=1S/C24H17BrN2O3/c1-15-5-4-6-17(11-15)27-23(18-7-2-3-8-19(18)25)26-20(24(27)28)12-16-9-10-21-22(13-16)30-14-29-21/h2-13H,14H2,1H3/b20-12+. The monoisotopic (exact) mass is 460 g/mol. The molecule has 0 fully saturated rings. The summed E-state index contributed by atoms with van der Waals surface area (Å²) in [7, 11) is 0. The van der Waals surface area contributed by atoms with Gasteiger partial charge in [0.15, 0.2) is 11.5 Å². The number of amides is 1. The first-order valence-electron chi connectivity index (χ1n) is 9.46. The van der Waals surface area contributed by atoms with Crippen molar-refractivity contribution in [2.75, 3.05) is 11.7 Å². The number of fused-ring (bicyclic) bond motifs is 1. The van der Waals surface area contributed by atoms with Gasteiger partial charge >= 0.3 is 0 Å². The van der Waals surface area contributed by atoms with Gasteiger partial charge in [-0.1, -0.05) is 52.3 Å². The molecular weight excluding hydrogens is 444 g/mol. The summed E-state index contributed by atoms with van der Waals surface area (Å²) in [6, 6.07) is 21.2. The van der Waals surface area contributed by atoms with Gasteiger partial charge in [-0.3, -0.25) is 9.69 Å². The minimum atomic E-state index is -0.177. The third-order valence-corrected chi connectivity index (χ3v) is 5.63. The van der Waals surface area contributed by atoms with Gasteiger partial charge in [0.1, 0.15) is 11.5 Å². The summed E-state index contributed by atoms with van der Waals surface area (Å²) in [4.78, 5) is 19.8. The van der Waals surface area contributed by atoms with Crippen molar-refractivity contribution in [3.63, 3.8) is 0 Å². The predicted molar refractivity (Wildman–Crippen MR) is 120 cm³/mol. The summed E-state index contributed by atoms with van der Waals surface area (Å²) in [5.74, 6) is 1.78. The van der Waals surface area contributed by atoms with Crippen LogP contribution in [0.5, 0.6) is 11.5 Å². The van der Waals surface area contributed by atoms with Gasteiger partial charge < -0.3 is 9.47 Å². The van der Waals surface area contributed by atoms with E-state index in [0.29, 0.717) is 23.0 Å². The van der Waals surface area contributed by atoms with Crippen LogP contribution in [-0.2, 0) is 4.79 Å². The van der Waals surface area contributed by atoms with Crippen LogP contribution in [-0.4, -0.2) is 18.5 Å². The molecule has 3 aromatic carbocycles. The molecule has 5 nitrogen and oxygen atoms in total. The zero-order chi connectivity index (χ0) is 20.7. The molecule has 30 heavy (non-hydrogen) atoms. The summed E-state index contributed by atoms with van der Waals surface area (Å²) >= 11 is 3.59. The number of ether oxygens (including phenoxy) is 2. The molecule has 6 heteroatoms. The van der Waals surface area contributed by atoms with E-state index in [9.17, 15) is 4.79 Å². The van der Waals surface area contributed by atoms with Crippen LogP contribution in [0, 0.1) is 6.92 Å². The molecular formula is C24H17BrN2O3. The maximum Gasteiger partial charge on any atom is 0.282 e. The third kappa shape index (κ3) is 3.29. The number of carbonyl (C=O) groups excluding carboxylic acids is 1. The molecule has 2 heterocycles. The first kappa shape index (κ1) is 18.6. The van der Waals surface area contributed by atoms with Crippen molar-refractivity contribution in [2.24, 2.45) is 4.99 Å². The van der Waals surface area contributed by atoms with Crippen LogP contribution < -0.4 is 14.4 Å². The number of carbonyl (C=O) groups is 1. The summed E-state index contributed by atoms with van der Waals surface area (Å²) in [6.45, 7) is 2.21. The highest BCUT2D eigenvalue weighted by Gasteiger charge is 2.33. The van der Waals surface area contributed by atoms with E-state index in [0.717, 1.165) is 26.9 Å². The molecule has 0 spiro atoms. The second-order valence-electron chi connectivity index (χ2n) is 7.04. The molecule has 1 amide bonds. The Hall–Kier alpha value is -3.38. The number of aryl methyl sites for hydroxylation is 1. The molecule has 0 aliphatic carbocycles. The van der Waals surface area contributed by atoms with Gasteiger partial charge in [-0.25, -0.2) is 4.99 Å². The van der Waals surface area contributed by atoms with E-state index in [2.05, 4.69) is 15.9 Å². The van der Waals surface area contributed by atoms with E-state index < -0.39 is 0 Å². The van der Waals surface area contributed by atoms with E-state index in [1.54, 1.807) is 11.0 Å². The highest BCUT2D eigenvalue weighted by Crippen LogP contribution is 2.35. The number of aliphatic imine (C=N–C) groups is 1. The first-order chi connectivity index (χ1) is 14.6. The molecule has 0 unspecified atom stereocenters. The average molecular weight is 461 g/mol. The smallest absolute Gasteiger partial charge is 0.282 e. The summed E-state index contributed by atoms with van der Waals surface area (Å²) in [5, 5.41) is 0. The predicted octanol–water partition coefficient (Wildman–Crippen LogP) is 5.32. The Kier molecular flexibility index (Phi) is 4.64. The fraction of sp³-hybridized carbons (Fsp3) is 0.0833. The van der Waals surface area contributed by atoms with Gasteiger partial charge in [0.2, 0.25) is 6.79 Å². The number of benzene rings is 3. The number of hydrogen-bond donors (Lipinski definition) is 0. The summed E-state index contributed by atoms with van der Waals surface area (Å²) < 4.78 is 11.7. The molecule has 3 aromatic rings.